The number of aromatic amines is 4. The molecule has 5 aliphatic heterocycles. The summed E-state index contributed by atoms with van der Waals surface area (Å²) in [6, 6.07) is 34.8. The van der Waals surface area contributed by atoms with Crippen LogP contribution in [0.5, 0.6) is 11.5 Å². The van der Waals surface area contributed by atoms with Crippen molar-refractivity contribution in [1.82, 2.24) is 19.9 Å². The highest BCUT2D eigenvalue weighted by atomic mass is 16.6. The van der Waals surface area contributed by atoms with Gasteiger partial charge in [0.1, 0.15) is 24.7 Å². The number of fused-ring (bicyclic) bond motifs is 2. The van der Waals surface area contributed by atoms with Crippen molar-refractivity contribution in [2.24, 2.45) is 0 Å². The molecular weight excluding hydrogens is 729 g/mol. The van der Waals surface area contributed by atoms with E-state index in [-0.39, 0.29) is 10.8 Å². The van der Waals surface area contributed by atoms with Crippen molar-refractivity contribution in [3.8, 4) is 11.5 Å². The van der Waals surface area contributed by atoms with Crippen LogP contribution in [0.25, 0.3) is 0 Å². The molecule has 0 saturated carbocycles. The fraction of sp³-hybridized carbons (Fsp3) is 0.417. The SMILES string of the molecule is CC1(C)c2ccc([nH]2)C2(C)c3ccc(cc3)OCCOCCOCCOCCOCCOc3ccc(cc3)C(C)(c3ccc1[nH]3)c1ccc([nH]1)C(C)(C)c1ccc2[nH]1. The minimum Gasteiger partial charge on any atom is -0.491 e. The maximum Gasteiger partial charge on any atom is 0.119 e. The summed E-state index contributed by atoms with van der Waals surface area (Å²) in [6.07, 6.45) is 0. The molecular formula is C48H58N4O6. The Bertz CT molecular complexity index is 2010. The zero-order chi connectivity index (χ0) is 40.4. The molecule has 5 aliphatic rings. The predicted octanol–water partition coefficient (Wildman–Crippen LogP) is 8.51. The molecule has 10 heteroatoms. The average Bonchev–Trinajstić information content (AvgIpc) is 4.07. The molecule has 9 heterocycles. The minimum atomic E-state index is -0.534. The van der Waals surface area contributed by atoms with Gasteiger partial charge in [-0.25, -0.2) is 0 Å². The Kier molecular flexibility index (Phi) is 11.2. The van der Waals surface area contributed by atoms with Crippen molar-refractivity contribution in [3.05, 3.63) is 154 Å². The Labute approximate surface area is 342 Å². The van der Waals surface area contributed by atoms with E-state index in [1.54, 1.807) is 0 Å². The highest BCUT2D eigenvalue weighted by molar-refractivity contribution is 5.52. The first-order valence-electron chi connectivity index (χ1n) is 20.6. The molecule has 0 radical (unpaired) electrons. The first-order chi connectivity index (χ1) is 28.0. The second kappa shape index (κ2) is 16.3. The third-order valence-electron chi connectivity index (χ3n) is 12.6. The normalized spacial score (nSPS) is 23.1. The van der Waals surface area contributed by atoms with E-state index in [0.717, 1.165) is 68.2 Å². The second-order valence-corrected chi connectivity index (χ2v) is 16.8. The van der Waals surface area contributed by atoms with Gasteiger partial charge in [0.15, 0.2) is 0 Å². The summed E-state index contributed by atoms with van der Waals surface area (Å²) >= 11 is 0. The van der Waals surface area contributed by atoms with Crippen molar-refractivity contribution in [3.63, 3.8) is 0 Å². The number of H-pyrrole nitrogens is 4. The highest BCUT2D eigenvalue weighted by Crippen LogP contribution is 2.45. The van der Waals surface area contributed by atoms with Gasteiger partial charge in [-0.05, 0) is 125 Å². The molecule has 6 aromatic rings. The zero-order valence-electron chi connectivity index (χ0n) is 34.8. The molecule has 306 valence electrons. The summed E-state index contributed by atoms with van der Waals surface area (Å²) in [7, 11) is 0. The van der Waals surface area contributed by atoms with Gasteiger partial charge in [-0.2, -0.15) is 0 Å². The maximum absolute atomic E-state index is 6.10. The molecule has 0 aliphatic carbocycles. The first-order valence-corrected chi connectivity index (χ1v) is 20.6. The van der Waals surface area contributed by atoms with E-state index in [0.29, 0.717) is 66.1 Å². The minimum absolute atomic E-state index is 0.366. The summed E-state index contributed by atoms with van der Waals surface area (Å²) in [6.45, 7) is 18.5. The van der Waals surface area contributed by atoms with Crippen molar-refractivity contribution in [2.45, 2.75) is 63.2 Å². The second-order valence-electron chi connectivity index (χ2n) is 16.8. The van der Waals surface area contributed by atoms with Crippen molar-refractivity contribution in [2.75, 3.05) is 66.1 Å². The Morgan fingerprint density at radius 3 is 0.828 bits per heavy atom. The van der Waals surface area contributed by atoms with Crippen LogP contribution in [0.15, 0.2) is 97.1 Å². The number of nitrogens with one attached hydrogen (secondary N) is 4. The van der Waals surface area contributed by atoms with Crippen LogP contribution in [0, 0.1) is 0 Å². The lowest BCUT2D eigenvalue weighted by Gasteiger charge is -2.32. The van der Waals surface area contributed by atoms with E-state index in [4.69, 9.17) is 28.4 Å². The van der Waals surface area contributed by atoms with E-state index in [1.807, 2.05) is 0 Å². The van der Waals surface area contributed by atoms with E-state index in [9.17, 15) is 0 Å². The van der Waals surface area contributed by atoms with Gasteiger partial charge in [-0.1, -0.05) is 24.3 Å². The van der Waals surface area contributed by atoms with Crippen LogP contribution in [0.2, 0.25) is 0 Å². The first kappa shape index (κ1) is 39.8. The molecule has 0 unspecified atom stereocenters. The van der Waals surface area contributed by atoms with E-state index < -0.39 is 10.8 Å². The number of ether oxygens (including phenoxy) is 6. The maximum atomic E-state index is 6.10. The molecule has 0 amide bonds. The number of hydrogen-bond acceptors (Lipinski definition) is 6. The smallest absolute Gasteiger partial charge is 0.119 e. The molecule has 11 rings (SSSR count). The highest BCUT2D eigenvalue weighted by Gasteiger charge is 2.40. The van der Waals surface area contributed by atoms with Crippen LogP contribution >= 0.6 is 0 Å². The van der Waals surface area contributed by atoms with E-state index in [1.165, 1.54) is 0 Å². The van der Waals surface area contributed by atoms with Crippen molar-refractivity contribution in [1.29, 1.82) is 0 Å². The van der Waals surface area contributed by atoms with Crippen molar-refractivity contribution >= 4 is 0 Å². The molecule has 2 aromatic carbocycles. The largest absolute Gasteiger partial charge is 0.491 e. The number of aromatic nitrogens is 4. The fourth-order valence-electron chi connectivity index (χ4n) is 8.38. The Hall–Kier alpha value is -5.00. The topological polar surface area (TPSA) is 119 Å². The predicted molar refractivity (Wildman–Crippen MR) is 226 cm³/mol. The van der Waals surface area contributed by atoms with Gasteiger partial charge < -0.3 is 48.4 Å². The summed E-state index contributed by atoms with van der Waals surface area (Å²) in [5.74, 6) is 1.59. The van der Waals surface area contributed by atoms with Gasteiger partial charge in [-0.3, -0.25) is 0 Å². The fourth-order valence-corrected chi connectivity index (χ4v) is 8.38. The summed E-state index contributed by atoms with van der Waals surface area (Å²) in [4.78, 5) is 15.7. The van der Waals surface area contributed by atoms with Crippen LogP contribution in [0.3, 0.4) is 0 Å². The number of rotatable bonds is 0. The Morgan fingerprint density at radius 1 is 0.310 bits per heavy atom. The van der Waals surface area contributed by atoms with Gasteiger partial charge >= 0.3 is 0 Å². The van der Waals surface area contributed by atoms with Crippen LogP contribution in [-0.2, 0) is 40.6 Å². The lowest BCUT2D eigenvalue weighted by Crippen LogP contribution is -2.29. The van der Waals surface area contributed by atoms with E-state index in [2.05, 4.69) is 159 Å². The molecule has 14 bridgehead atoms. The van der Waals surface area contributed by atoms with Gasteiger partial charge in [-0.15, -0.1) is 0 Å². The van der Waals surface area contributed by atoms with E-state index >= 15 is 0 Å². The van der Waals surface area contributed by atoms with Gasteiger partial charge in [0.2, 0.25) is 0 Å². The third-order valence-corrected chi connectivity index (χ3v) is 12.6. The van der Waals surface area contributed by atoms with Gasteiger partial charge in [0.25, 0.3) is 0 Å². The standard InChI is InChI=1S/C48H58N4O6/c1-45(2)37-15-19-41(49-37)47(5)33-7-11-35(12-8-33)57-31-29-55-27-25-53-23-24-54-26-28-56-30-32-58-36-13-9-34(10-14-36)48(6,42-20-16-38(45)50-42)44-22-18-40(52-44)46(3,4)39-17-21-43(47)51-39/h7-22,49-52H,23-32H2,1-6H3. The molecule has 0 fully saturated rings. The lowest BCUT2D eigenvalue weighted by atomic mass is 9.76. The molecule has 4 N–H and O–H groups in total. The van der Waals surface area contributed by atoms with Crippen LogP contribution in [-0.4, -0.2) is 86.0 Å². The molecule has 4 aromatic heterocycles. The lowest BCUT2D eigenvalue weighted by molar-refractivity contribution is -0.00699. The Balaban J connectivity index is 1.21. The Morgan fingerprint density at radius 2 is 0.552 bits per heavy atom. The zero-order valence-corrected chi connectivity index (χ0v) is 34.8. The summed E-state index contributed by atoms with van der Waals surface area (Å²) in [5, 5.41) is 0. The van der Waals surface area contributed by atoms with Crippen molar-refractivity contribution < 1.29 is 28.4 Å². The monoisotopic (exact) mass is 786 g/mol. The third kappa shape index (κ3) is 7.54. The molecule has 58 heavy (non-hydrogen) atoms. The van der Waals surface area contributed by atoms with Gasteiger partial charge in [0, 0.05) is 56.4 Å². The summed E-state index contributed by atoms with van der Waals surface area (Å²) in [5.41, 5.74) is 9.35. The quantitative estimate of drug-likeness (QED) is 0.123. The van der Waals surface area contributed by atoms with Crippen LogP contribution in [0.1, 0.15) is 98.2 Å². The number of hydrogen-bond donors (Lipinski definition) is 4. The van der Waals surface area contributed by atoms with Crippen LogP contribution < -0.4 is 9.47 Å². The van der Waals surface area contributed by atoms with Crippen LogP contribution in [0.4, 0.5) is 0 Å². The molecule has 0 saturated heterocycles. The molecule has 0 atom stereocenters. The average molecular weight is 787 g/mol. The van der Waals surface area contributed by atoms with Gasteiger partial charge in [0.05, 0.1) is 63.7 Å². The number of benzene rings is 2. The molecule has 0 spiro atoms. The summed E-state index contributed by atoms with van der Waals surface area (Å²) < 4.78 is 35.0. The molecule has 10 nitrogen and oxygen atoms in total.